The molecular formula is C20H30N4O3S. The van der Waals surface area contributed by atoms with E-state index in [4.69, 9.17) is 0 Å². The lowest BCUT2D eigenvalue weighted by Crippen LogP contribution is -2.46. The van der Waals surface area contributed by atoms with Gasteiger partial charge in [0.05, 0.1) is 16.6 Å². The van der Waals surface area contributed by atoms with Crippen molar-refractivity contribution in [1.29, 1.82) is 0 Å². The molecular weight excluding hydrogens is 376 g/mol. The molecule has 2 fully saturated rings. The van der Waals surface area contributed by atoms with E-state index in [0.717, 1.165) is 42.9 Å². The van der Waals surface area contributed by atoms with E-state index in [0.29, 0.717) is 45.4 Å². The average molecular weight is 407 g/mol. The second kappa shape index (κ2) is 10.0. The highest BCUT2D eigenvalue weighted by molar-refractivity contribution is 7.09. The summed E-state index contributed by atoms with van der Waals surface area (Å²) in [7, 11) is 0. The third-order valence-electron chi connectivity index (χ3n) is 5.50. The molecule has 2 saturated heterocycles. The molecule has 1 aromatic heterocycles. The molecule has 1 N–H and O–H groups in total. The number of hydrogen-bond acceptors (Lipinski definition) is 5. The molecule has 0 bridgehead atoms. The van der Waals surface area contributed by atoms with E-state index >= 15 is 0 Å². The lowest BCUT2D eigenvalue weighted by atomic mass is 9.96. The fraction of sp³-hybridized carbons (Fsp3) is 0.700. The van der Waals surface area contributed by atoms with E-state index < -0.39 is 0 Å². The smallest absolute Gasteiger partial charge is 0.224 e. The van der Waals surface area contributed by atoms with Crippen LogP contribution in [0, 0.1) is 5.92 Å². The van der Waals surface area contributed by atoms with Crippen LogP contribution in [-0.4, -0.2) is 65.2 Å². The lowest BCUT2D eigenvalue weighted by molar-refractivity contribution is -0.138. The first-order chi connectivity index (χ1) is 13.6. The first kappa shape index (κ1) is 20.8. The molecule has 0 aliphatic carbocycles. The van der Waals surface area contributed by atoms with Gasteiger partial charge in [0.15, 0.2) is 0 Å². The van der Waals surface area contributed by atoms with Crippen LogP contribution in [0.5, 0.6) is 0 Å². The van der Waals surface area contributed by atoms with Crippen LogP contribution in [0.25, 0.3) is 0 Å². The number of hydrogen-bond donors (Lipinski definition) is 1. The molecule has 1 atom stereocenters. The quantitative estimate of drug-likeness (QED) is 0.676. The topological polar surface area (TPSA) is 82.6 Å². The van der Waals surface area contributed by atoms with Gasteiger partial charge in [-0.1, -0.05) is 6.92 Å². The van der Waals surface area contributed by atoms with Gasteiger partial charge in [0.1, 0.15) is 0 Å². The second-order valence-electron chi connectivity index (χ2n) is 7.54. The van der Waals surface area contributed by atoms with Crippen LogP contribution < -0.4 is 5.32 Å². The van der Waals surface area contributed by atoms with Crippen LogP contribution in [0.4, 0.5) is 0 Å². The van der Waals surface area contributed by atoms with E-state index in [1.54, 1.807) is 16.2 Å². The number of carbonyl (C=O) groups excluding carboxylic acids is 3. The van der Waals surface area contributed by atoms with Crippen molar-refractivity contribution in [3.05, 3.63) is 16.1 Å². The maximum absolute atomic E-state index is 12.5. The summed E-state index contributed by atoms with van der Waals surface area (Å²) in [6.07, 6.45) is 5.07. The number of nitrogens with one attached hydrogen (secondary N) is 1. The third kappa shape index (κ3) is 5.53. The van der Waals surface area contributed by atoms with Crippen molar-refractivity contribution in [2.75, 3.05) is 32.7 Å². The van der Waals surface area contributed by atoms with Crippen molar-refractivity contribution >= 4 is 29.1 Å². The van der Waals surface area contributed by atoms with Gasteiger partial charge >= 0.3 is 0 Å². The largest absolute Gasteiger partial charge is 0.355 e. The van der Waals surface area contributed by atoms with Crippen LogP contribution in [0.15, 0.2) is 5.38 Å². The Labute approximate surface area is 170 Å². The van der Waals surface area contributed by atoms with Crippen molar-refractivity contribution in [2.45, 2.75) is 51.9 Å². The normalized spacial score (nSPS) is 20.1. The third-order valence-corrected chi connectivity index (χ3v) is 6.46. The number of amides is 3. The molecule has 0 aromatic carbocycles. The van der Waals surface area contributed by atoms with E-state index in [-0.39, 0.29) is 23.6 Å². The Morgan fingerprint density at radius 2 is 2.04 bits per heavy atom. The summed E-state index contributed by atoms with van der Waals surface area (Å²) >= 11 is 1.64. The molecule has 3 amide bonds. The Hall–Kier alpha value is -1.96. The maximum atomic E-state index is 12.5. The van der Waals surface area contributed by atoms with Gasteiger partial charge in [-0.15, -0.1) is 11.3 Å². The number of aromatic nitrogens is 1. The number of carbonyl (C=O) groups is 3. The molecule has 0 radical (unpaired) electrons. The highest BCUT2D eigenvalue weighted by Crippen LogP contribution is 2.19. The Morgan fingerprint density at radius 3 is 2.75 bits per heavy atom. The molecule has 7 nitrogen and oxygen atoms in total. The molecule has 154 valence electrons. The second-order valence-corrected chi connectivity index (χ2v) is 8.48. The Bertz CT molecular complexity index is 705. The summed E-state index contributed by atoms with van der Waals surface area (Å²) in [6.45, 7) is 5.29. The summed E-state index contributed by atoms with van der Waals surface area (Å²) < 4.78 is 0. The van der Waals surface area contributed by atoms with Crippen molar-refractivity contribution in [1.82, 2.24) is 20.1 Å². The number of nitrogens with zero attached hydrogens (tertiary/aromatic N) is 3. The minimum atomic E-state index is -0.145. The van der Waals surface area contributed by atoms with Crippen LogP contribution in [-0.2, 0) is 27.2 Å². The van der Waals surface area contributed by atoms with Crippen molar-refractivity contribution < 1.29 is 14.4 Å². The minimum Gasteiger partial charge on any atom is -0.355 e. The Balaban J connectivity index is 1.39. The lowest BCUT2D eigenvalue weighted by Gasteiger charge is -2.32. The molecule has 1 aromatic rings. The molecule has 8 heteroatoms. The minimum absolute atomic E-state index is 0.0273. The standard InChI is InChI=1S/C20H30N4O3S/c1-2-16-14-28-17(22-16)8-9-21-20(27)15-6-7-19(26)24(13-15)12-4-11-23-10-3-5-18(23)25/h14-15H,2-13H2,1H3,(H,21,27). The van der Waals surface area contributed by atoms with Crippen molar-refractivity contribution in [2.24, 2.45) is 5.92 Å². The number of piperidine rings is 1. The van der Waals surface area contributed by atoms with Gasteiger partial charge in [-0.2, -0.15) is 0 Å². The fourth-order valence-corrected chi connectivity index (χ4v) is 4.68. The molecule has 3 heterocycles. The summed E-state index contributed by atoms with van der Waals surface area (Å²) in [4.78, 5) is 44.6. The average Bonchev–Trinajstić information content (AvgIpc) is 3.32. The molecule has 0 spiro atoms. The number of aryl methyl sites for hydroxylation is 1. The molecule has 2 aliphatic rings. The fourth-order valence-electron chi connectivity index (χ4n) is 3.80. The van der Waals surface area contributed by atoms with E-state index in [2.05, 4.69) is 22.6 Å². The van der Waals surface area contributed by atoms with Gasteiger partial charge in [-0.05, 0) is 25.7 Å². The highest BCUT2D eigenvalue weighted by Gasteiger charge is 2.30. The van der Waals surface area contributed by atoms with Crippen LogP contribution >= 0.6 is 11.3 Å². The van der Waals surface area contributed by atoms with Gasteiger partial charge in [-0.25, -0.2) is 4.98 Å². The summed E-state index contributed by atoms with van der Waals surface area (Å²) in [5.41, 5.74) is 1.10. The predicted octanol–water partition coefficient (Wildman–Crippen LogP) is 1.62. The van der Waals surface area contributed by atoms with Crippen molar-refractivity contribution in [3.63, 3.8) is 0 Å². The summed E-state index contributed by atoms with van der Waals surface area (Å²) in [5.74, 6) is 0.216. The Kier molecular flexibility index (Phi) is 7.42. The van der Waals surface area contributed by atoms with Gasteiger partial charge in [0.2, 0.25) is 17.7 Å². The molecule has 2 aliphatic heterocycles. The van der Waals surface area contributed by atoms with E-state index in [9.17, 15) is 14.4 Å². The first-order valence-corrected chi connectivity index (χ1v) is 11.2. The van der Waals surface area contributed by atoms with E-state index in [1.807, 2.05) is 4.90 Å². The van der Waals surface area contributed by atoms with Gasteiger partial charge in [0.25, 0.3) is 0 Å². The molecule has 1 unspecified atom stereocenters. The zero-order chi connectivity index (χ0) is 19.9. The highest BCUT2D eigenvalue weighted by atomic mass is 32.1. The number of likely N-dealkylation sites (tertiary alicyclic amines) is 2. The van der Waals surface area contributed by atoms with Crippen LogP contribution in [0.1, 0.15) is 49.7 Å². The Morgan fingerprint density at radius 1 is 1.25 bits per heavy atom. The van der Waals surface area contributed by atoms with Gasteiger partial charge in [-0.3, -0.25) is 14.4 Å². The molecule has 0 saturated carbocycles. The van der Waals surface area contributed by atoms with Crippen LogP contribution in [0.3, 0.4) is 0 Å². The van der Waals surface area contributed by atoms with Gasteiger partial charge in [0, 0.05) is 57.4 Å². The zero-order valence-electron chi connectivity index (χ0n) is 16.6. The van der Waals surface area contributed by atoms with Crippen molar-refractivity contribution in [3.8, 4) is 0 Å². The predicted molar refractivity (Wildman–Crippen MR) is 108 cm³/mol. The first-order valence-electron chi connectivity index (χ1n) is 10.3. The number of rotatable bonds is 9. The maximum Gasteiger partial charge on any atom is 0.224 e. The molecule has 3 rings (SSSR count). The van der Waals surface area contributed by atoms with Crippen LogP contribution in [0.2, 0.25) is 0 Å². The summed E-state index contributed by atoms with van der Waals surface area (Å²) in [5, 5.41) is 6.12. The van der Waals surface area contributed by atoms with Gasteiger partial charge < -0.3 is 15.1 Å². The summed E-state index contributed by atoms with van der Waals surface area (Å²) in [6, 6.07) is 0. The SMILES string of the molecule is CCc1csc(CCNC(=O)C2CCC(=O)N(CCCN3CCCC3=O)C2)n1. The number of thiazole rings is 1. The zero-order valence-corrected chi connectivity index (χ0v) is 17.4. The molecule has 28 heavy (non-hydrogen) atoms. The monoisotopic (exact) mass is 406 g/mol. The van der Waals surface area contributed by atoms with E-state index in [1.165, 1.54) is 0 Å².